The topological polar surface area (TPSA) is 170 Å². The molecule has 11 nitrogen and oxygen atoms in total. The van der Waals surface area contributed by atoms with E-state index in [4.69, 9.17) is 11.3 Å². The highest BCUT2D eigenvalue weighted by atomic mass is 32.2. The van der Waals surface area contributed by atoms with E-state index < -0.39 is 29.3 Å². The summed E-state index contributed by atoms with van der Waals surface area (Å²) in [6.45, 7) is 0.0664. The molecule has 0 radical (unpaired) electrons. The minimum atomic E-state index is -0.895. The van der Waals surface area contributed by atoms with Crippen LogP contribution >= 0.6 is 11.8 Å². The summed E-state index contributed by atoms with van der Waals surface area (Å²) in [5.41, 5.74) is 14.5. The number of benzene rings is 2. The molecule has 1 saturated carbocycles. The Hall–Kier alpha value is -3.76. The number of thioether (sulfide) groups is 1. The first-order valence-electron chi connectivity index (χ1n) is 13.2. The third-order valence-electron chi connectivity index (χ3n) is 7.45. The molecule has 1 heterocycles. The fraction of sp³-hybridized carbons (Fsp3) is 0.481. The molecule has 2 aromatic carbocycles. The molecule has 0 aromatic heterocycles. The Morgan fingerprint density at radius 3 is 2.56 bits per heavy atom. The summed E-state index contributed by atoms with van der Waals surface area (Å²) < 4.78 is 0. The summed E-state index contributed by atoms with van der Waals surface area (Å²) in [4.78, 5) is 55.6. The smallest absolute Gasteiger partial charge is 0.278 e. The number of hydrogen-bond acceptors (Lipinski definition) is 6. The number of amides is 4. The number of nitrogens with one attached hydrogen (secondary N) is 2. The van der Waals surface area contributed by atoms with Crippen molar-refractivity contribution in [2.24, 2.45) is 16.8 Å². The van der Waals surface area contributed by atoms with Crippen LogP contribution in [0, 0.1) is 5.92 Å². The molecule has 2 fully saturated rings. The summed E-state index contributed by atoms with van der Waals surface area (Å²) >= 11 is 0.740. The van der Waals surface area contributed by atoms with Gasteiger partial charge in [0.15, 0.2) is 0 Å². The van der Waals surface area contributed by atoms with Crippen molar-refractivity contribution in [1.29, 1.82) is 0 Å². The highest BCUT2D eigenvalue weighted by Gasteiger charge is 2.42. The van der Waals surface area contributed by atoms with Crippen LogP contribution in [-0.2, 0) is 9.59 Å². The number of rotatable bonds is 9. The van der Waals surface area contributed by atoms with E-state index in [0.717, 1.165) is 54.6 Å². The quantitative estimate of drug-likeness (QED) is 0.184. The molecule has 4 N–H and O–H groups in total. The van der Waals surface area contributed by atoms with Gasteiger partial charge in [0.05, 0.1) is 11.9 Å². The molecular weight excluding hydrogens is 518 g/mol. The number of hydrogen-bond donors (Lipinski definition) is 3. The van der Waals surface area contributed by atoms with Gasteiger partial charge in [0.25, 0.3) is 11.1 Å². The Balaban J connectivity index is 1.55. The zero-order chi connectivity index (χ0) is 27.8. The summed E-state index contributed by atoms with van der Waals surface area (Å²) in [5, 5.41) is 10.6. The van der Waals surface area contributed by atoms with Crippen LogP contribution in [0.15, 0.2) is 47.6 Å². The first kappa shape index (κ1) is 28.3. The monoisotopic (exact) mass is 551 g/mol. The Bertz CT molecular complexity index is 1280. The maximum Gasteiger partial charge on any atom is 0.278 e. The normalized spacial score (nSPS) is 20.2. The van der Waals surface area contributed by atoms with Crippen molar-refractivity contribution in [3.8, 4) is 0 Å². The van der Waals surface area contributed by atoms with E-state index in [1.165, 1.54) is 4.90 Å². The van der Waals surface area contributed by atoms with E-state index in [1.54, 1.807) is 12.1 Å². The number of primary amides is 1. The van der Waals surface area contributed by atoms with Gasteiger partial charge in [-0.05, 0) is 59.0 Å². The molecule has 1 aliphatic heterocycles. The minimum absolute atomic E-state index is 0.0386. The number of nitrogens with two attached hydrogens (primary N) is 1. The van der Waals surface area contributed by atoms with Crippen LogP contribution in [0.4, 0.5) is 4.79 Å². The van der Waals surface area contributed by atoms with Crippen LogP contribution in [0.25, 0.3) is 21.2 Å². The molecule has 0 bridgehead atoms. The van der Waals surface area contributed by atoms with Gasteiger partial charge in [0, 0.05) is 17.0 Å². The van der Waals surface area contributed by atoms with Crippen molar-refractivity contribution in [1.82, 2.24) is 15.5 Å². The Kier molecular flexibility index (Phi) is 9.67. The lowest BCUT2D eigenvalue weighted by atomic mass is 9.84. The SMILES string of the molecule is [N-]=[N+]=NC1C[C@@H](C(=O)NCSC(N)=O)N(C(=O)[C@@H](CC2CCCCC2)NC(=O)c2ccc3ccccc3c2)C1. The van der Waals surface area contributed by atoms with Gasteiger partial charge >= 0.3 is 0 Å². The second-order valence-electron chi connectivity index (χ2n) is 10.1. The first-order valence-corrected chi connectivity index (χ1v) is 14.2. The Morgan fingerprint density at radius 2 is 1.85 bits per heavy atom. The van der Waals surface area contributed by atoms with Gasteiger partial charge in [0.2, 0.25) is 11.8 Å². The van der Waals surface area contributed by atoms with E-state index in [0.29, 0.717) is 12.0 Å². The van der Waals surface area contributed by atoms with E-state index >= 15 is 0 Å². The maximum absolute atomic E-state index is 14.0. The molecule has 0 spiro atoms. The Morgan fingerprint density at radius 1 is 1.10 bits per heavy atom. The minimum Gasteiger partial charge on any atom is -0.360 e. The van der Waals surface area contributed by atoms with Gasteiger partial charge in [-0.3, -0.25) is 19.2 Å². The van der Waals surface area contributed by atoms with Gasteiger partial charge < -0.3 is 21.3 Å². The third kappa shape index (κ3) is 7.42. The van der Waals surface area contributed by atoms with Gasteiger partial charge in [-0.1, -0.05) is 67.6 Å². The van der Waals surface area contributed by atoms with E-state index in [-0.39, 0.29) is 36.6 Å². The van der Waals surface area contributed by atoms with Crippen molar-refractivity contribution >= 4 is 45.5 Å². The molecule has 4 rings (SSSR count). The van der Waals surface area contributed by atoms with Crippen LogP contribution in [-0.4, -0.2) is 58.4 Å². The number of likely N-dealkylation sites (tertiary alicyclic amines) is 1. The van der Waals surface area contributed by atoms with Crippen molar-refractivity contribution in [2.75, 3.05) is 12.4 Å². The molecule has 12 heteroatoms. The summed E-state index contributed by atoms with van der Waals surface area (Å²) in [5.74, 6) is -0.972. The number of azide groups is 1. The fourth-order valence-electron chi connectivity index (χ4n) is 5.51. The van der Waals surface area contributed by atoms with Gasteiger partial charge in [-0.2, -0.15) is 0 Å². The summed E-state index contributed by atoms with van der Waals surface area (Å²) in [6, 6.07) is 10.8. The van der Waals surface area contributed by atoms with Crippen LogP contribution in [0.5, 0.6) is 0 Å². The molecule has 206 valence electrons. The average Bonchev–Trinajstić information content (AvgIpc) is 3.36. The molecule has 4 amide bonds. The van der Waals surface area contributed by atoms with Gasteiger partial charge in [0.1, 0.15) is 12.1 Å². The predicted molar refractivity (Wildman–Crippen MR) is 150 cm³/mol. The van der Waals surface area contributed by atoms with Crippen molar-refractivity contribution < 1.29 is 19.2 Å². The molecule has 1 unspecified atom stereocenters. The maximum atomic E-state index is 14.0. The zero-order valence-corrected chi connectivity index (χ0v) is 22.4. The average molecular weight is 552 g/mol. The van der Waals surface area contributed by atoms with E-state index in [9.17, 15) is 19.2 Å². The van der Waals surface area contributed by atoms with Crippen LogP contribution in [0.2, 0.25) is 0 Å². The van der Waals surface area contributed by atoms with E-state index in [1.807, 2.05) is 30.3 Å². The molecule has 2 aliphatic rings. The molecule has 2 aromatic rings. The second-order valence-corrected chi connectivity index (χ2v) is 11.1. The highest BCUT2D eigenvalue weighted by Crippen LogP contribution is 2.30. The lowest BCUT2D eigenvalue weighted by Crippen LogP contribution is -2.54. The van der Waals surface area contributed by atoms with Gasteiger partial charge in [-0.15, -0.1) is 0 Å². The largest absolute Gasteiger partial charge is 0.360 e. The van der Waals surface area contributed by atoms with Crippen LogP contribution < -0.4 is 16.4 Å². The number of fused-ring (bicyclic) bond motifs is 1. The first-order chi connectivity index (χ1) is 18.9. The fourth-order valence-corrected chi connectivity index (χ4v) is 5.87. The number of carbonyl (C=O) groups excluding carboxylic acids is 4. The zero-order valence-electron chi connectivity index (χ0n) is 21.6. The molecule has 1 saturated heterocycles. The standard InChI is InChI=1S/C27H33N7O4S/c28-27(38)39-16-30-25(36)23-14-21(32-33-29)15-34(23)26(37)22(12-17-6-2-1-3-7-17)31-24(35)20-11-10-18-8-4-5-9-19(18)13-20/h4-5,8-11,13,17,21-23H,1-3,6-7,12,14-16H2,(H2,28,38)(H,30,36)(H,31,35)/t21?,22-,23+/m1/s1. The number of nitrogens with zero attached hydrogens (tertiary/aromatic N) is 4. The highest BCUT2D eigenvalue weighted by molar-refractivity contribution is 8.13. The summed E-state index contributed by atoms with van der Waals surface area (Å²) in [6.07, 6.45) is 5.88. The van der Waals surface area contributed by atoms with Crippen molar-refractivity contribution in [3.63, 3.8) is 0 Å². The Labute approximate surface area is 230 Å². The molecule has 3 atom stereocenters. The van der Waals surface area contributed by atoms with Crippen molar-refractivity contribution in [3.05, 3.63) is 58.5 Å². The third-order valence-corrected chi connectivity index (χ3v) is 8.02. The summed E-state index contributed by atoms with van der Waals surface area (Å²) in [7, 11) is 0. The molecule has 1 aliphatic carbocycles. The van der Waals surface area contributed by atoms with Crippen LogP contribution in [0.1, 0.15) is 55.3 Å². The second kappa shape index (κ2) is 13.3. The lowest BCUT2D eigenvalue weighted by molar-refractivity contribution is -0.140. The molecule has 39 heavy (non-hydrogen) atoms. The van der Waals surface area contributed by atoms with Crippen molar-refractivity contribution in [2.45, 2.75) is 63.1 Å². The van der Waals surface area contributed by atoms with E-state index in [2.05, 4.69) is 20.7 Å². The van der Waals surface area contributed by atoms with Crippen LogP contribution in [0.3, 0.4) is 0 Å². The number of carbonyl (C=O) groups is 4. The predicted octanol–water partition coefficient (Wildman–Crippen LogP) is 4.07. The lowest BCUT2D eigenvalue weighted by Gasteiger charge is -2.31. The molecular formula is C27H33N7O4S. The van der Waals surface area contributed by atoms with Gasteiger partial charge in [-0.25, -0.2) is 0 Å².